The van der Waals surface area contributed by atoms with Gasteiger partial charge in [-0.2, -0.15) is 0 Å². The van der Waals surface area contributed by atoms with Crippen molar-refractivity contribution in [2.75, 3.05) is 19.8 Å². The van der Waals surface area contributed by atoms with Crippen LogP contribution in [0.5, 0.6) is 0 Å². The van der Waals surface area contributed by atoms with Crippen molar-refractivity contribution in [3.05, 3.63) is 35.4 Å². The van der Waals surface area contributed by atoms with Gasteiger partial charge in [-0.25, -0.2) is 0 Å². The van der Waals surface area contributed by atoms with Crippen LogP contribution >= 0.6 is 0 Å². The molecule has 4 fully saturated rings. The fourth-order valence-corrected chi connectivity index (χ4v) is 3.88. The van der Waals surface area contributed by atoms with E-state index in [1.165, 1.54) is 25.7 Å². The Hall–Kier alpha value is -1.34. The van der Waals surface area contributed by atoms with Crippen LogP contribution in [0.4, 0.5) is 0 Å². The zero-order valence-electron chi connectivity index (χ0n) is 12.1. The van der Waals surface area contributed by atoms with E-state index in [2.05, 4.69) is 5.92 Å². The lowest BCUT2D eigenvalue weighted by Gasteiger charge is -2.54. The van der Waals surface area contributed by atoms with Gasteiger partial charge in [0.25, 0.3) is 0 Å². The average molecular weight is 284 g/mol. The second-order valence-electron chi connectivity index (χ2n) is 6.49. The molecule has 3 heteroatoms. The molecule has 3 saturated heterocycles. The number of hydrogen-bond acceptors (Lipinski definition) is 3. The van der Waals surface area contributed by atoms with Crippen molar-refractivity contribution in [2.24, 2.45) is 11.3 Å². The van der Waals surface area contributed by atoms with Gasteiger partial charge in [0, 0.05) is 16.5 Å². The van der Waals surface area contributed by atoms with E-state index in [9.17, 15) is 0 Å². The lowest BCUT2D eigenvalue weighted by Crippen LogP contribution is -2.60. The number of benzene rings is 1. The second-order valence-corrected chi connectivity index (χ2v) is 6.49. The van der Waals surface area contributed by atoms with Crippen LogP contribution in [0.2, 0.25) is 0 Å². The monoisotopic (exact) mass is 284 g/mol. The molecule has 0 radical (unpaired) electrons. The molecule has 0 spiro atoms. The Morgan fingerprint density at radius 1 is 0.952 bits per heavy atom. The van der Waals surface area contributed by atoms with Crippen LogP contribution in [-0.2, 0) is 20.2 Å². The predicted molar refractivity (Wildman–Crippen MR) is 78.3 cm³/mol. The van der Waals surface area contributed by atoms with Crippen molar-refractivity contribution in [3.63, 3.8) is 0 Å². The maximum atomic E-state index is 6.04. The molecule has 21 heavy (non-hydrogen) atoms. The number of ether oxygens (including phenoxy) is 3. The Kier molecular flexibility index (Phi) is 3.08. The maximum Gasteiger partial charge on any atom is 0.312 e. The van der Waals surface area contributed by atoms with Gasteiger partial charge >= 0.3 is 5.97 Å². The predicted octanol–water partition coefficient (Wildman–Crippen LogP) is 3.03. The van der Waals surface area contributed by atoms with E-state index in [0.29, 0.717) is 5.92 Å². The summed E-state index contributed by atoms with van der Waals surface area (Å²) in [6.07, 6.45) is 10.6. The van der Waals surface area contributed by atoms with Crippen molar-refractivity contribution >= 4 is 0 Å². The number of terminal acetylenes is 1. The van der Waals surface area contributed by atoms with Crippen molar-refractivity contribution in [3.8, 4) is 12.3 Å². The summed E-state index contributed by atoms with van der Waals surface area (Å²) in [6.45, 7) is 2.19. The molecule has 3 aliphatic heterocycles. The van der Waals surface area contributed by atoms with Crippen LogP contribution in [0.3, 0.4) is 0 Å². The molecule has 0 N–H and O–H groups in total. The normalized spacial score (nSPS) is 35.8. The zero-order chi connectivity index (χ0) is 14.3. The molecule has 1 aromatic carbocycles. The molecular formula is C18H20O3. The van der Waals surface area contributed by atoms with Crippen LogP contribution in [-0.4, -0.2) is 19.8 Å². The number of fused-ring (bicyclic) bond motifs is 3. The van der Waals surface area contributed by atoms with Gasteiger partial charge in [-0.1, -0.05) is 18.8 Å². The third-order valence-corrected chi connectivity index (χ3v) is 5.28. The summed E-state index contributed by atoms with van der Waals surface area (Å²) in [4.78, 5) is 0. The molecule has 1 aromatic rings. The quantitative estimate of drug-likeness (QED) is 0.781. The Bertz CT molecular complexity index is 539. The third kappa shape index (κ3) is 2.02. The topological polar surface area (TPSA) is 27.7 Å². The van der Waals surface area contributed by atoms with Crippen molar-refractivity contribution < 1.29 is 14.2 Å². The molecule has 5 rings (SSSR count). The highest BCUT2D eigenvalue weighted by atomic mass is 16.9. The van der Waals surface area contributed by atoms with Crippen molar-refractivity contribution in [1.29, 1.82) is 0 Å². The van der Waals surface area contributed by atoms with E-state index in [-0.39, 0.29) is 5.41 Å². The Morgan fingerprint density at radius 3 is 2.05 bits per heavy atom. The summed E-state index contributed by atoms with van der Waals surface area (Å²) in [5, 5.41) is 0. The Labute approximate surface area is 125 Å². The van der Waals surface area contributed by atoms with Crippen molar-refractivity contribution in [1.82, 2.24) is 0 Å². The first-order valence-corrected chi connectivity index (χ1v) is 7.75. The molecule has 1 aliphatic carbocycles. The largest absolute Gasteiger partial charge is 0.323 e. The molecule has 0 aromatic heterocycles. The Balaban J connectivity index is 1.56. The summed E-state index contributed by atoms with van der Waals surface area (Å²) >= 11 is 0. The van der Waals surface area contributed by atoms with E-state index in [1.807, 2.05) is 24.3 Å². The standard InChI is InChI=1S/C18H20O3/c1-2-14-7-9-16(10-8-14)18-19-11-17(12-20-18,13-21-18)15-5-3-4-6-15/h1,7-10,15H,3-6,11-13H2. The first-order valence-electron chi connectivity index (χ1n) is 7.75. The van der Waals surface area contributed by atoms with Crippen molar-refractivity contribution in [2.45, 2.75) is 31.7 Å². The summed E-state index contributed by atoms with van der Waals surface area (Å²) in [5.41, 5.74) is 1.81. The highest BCUT2D eigenvalue weighted by Gasteiger charge is 2.56. The molecule has 1 saturated carbocycles. The molecule has 0 atom stereocenters. The minimum atomic E-state index is -1.02. The minimum Gasteiger partial charge on any atom is -0.323 e. The van der Waals surface area contributed by atoms with E-state index >= 15 is 0 Å². The molecule has 3 heterocycles. The molecule has 3 nitrogen and oxygen atoms in total. The van der Waals surface area contributed by atoms with Gasteiger partial charge in [0.1, 0.15) is 0 Å². The highest BCUT2D eigenvalue weighted by molar-refractivity contribution is 5.35. The molecule has 0 unspecified atom stereocenters. The Morgan fingerprint density at radius 2 is 1.52 bits per heavy atom. The van der Waals surface area contributed by atoms with Gasteiger partial charge < -0.3 is 14.2 Å². The van der Waals surface area contributed by atoms with Gasteiger partial charge in [-0.05, 0) is 43.0 Å². The van der Waals surface area contributed by atoms with Crippen LogP contribution in [0.15, 0.2) is 24.3 Å². The summed E-state index contributed by atoms with van der Waals surface area (Å²) in [7, 11) is 0. The van der Waals surface area contributed by atoms with Gasteiger partial charge in [0.2, 0.25) is 0 Å². The van der Waals surface area contributed by atoms with Gasteiger partial charge in [0.05, 0.1) is 19.8 Å². The molecular weight excluding hydrogens is 264 g/mol. The van der Waals surface area contributed by atoms with E-state index in [4.69, 9.17) is 20.6 Å². The third-order valence-electron chi connectivity index (χ3n) is 5.28. The summed E-state index contributed by atoms with van der Waals surface area (Å²) in [6, 6.07) is 7.66. The first kappa shape index (κ1) is 13.3. The molecule has 2 bridgehead atoms. The van der Waals surface area contributed by atoms with E-state index in [0.717, 1.165) is 30.9 Å². The van der Waals surface area contributed by atoms with Crippen LogP contribution in [0, 0.1) is 23.7 Å². The smallest absolute Gasteiger partial charge is 0.312 e. The average Bonchev–Trinajstić information content (AvgIpc) is 3.12. The summed E-state index contributed by atoms with van der Waals surface area (Å²) in [5.74, 6) is 2.28. The molecule has 0 amide bonds. The zero-order valence-corrected chi connectivity index (χ0v) is 12.1. The van der Waals surface area contributed by atoms with Gasteiger partial charge in [-0.15, -0.1) is 6.42 Å². The van der Waals surface area contributed by atoms with Crippen LogP contribution in [0.1, 0.15) is 36.8 Å². The lowest BCUT2D eigenvalue weighted by atomic mass is 9.74. The van der Waals surface area contributed by atoms with Gasteiger partial charge in [0.15, 0.2) is 0 Å². The highest BCUT2D eigenvalue weighted by Crippen LogP contribution is 2.51. The van der Waals surface area contributed by atoms with E-state index in [1.54, 1.807) is 0 Å². The SMILES string of the molecule is C#Cc1ccc(C23OCC(C4CCCC4)(CO2)CO3)cc1. The molecule has 110 valence electrons. The number of hydrogen-bond donors (Lipinski definition) is 0. The van der Waals surface area contributed by atoms with Crippen LogP contribution < -0.4 is 0 Å². The van der Waals surface area contributed by atoms with E-state index < -0.39 is 5.97 Å². The maximum absolute atomic E-state index is 6.04. The lowest BCUT2D eigenvalue weighted by molar-refractivity contribution is -0.485. The fourth-order valence-electron chi connectivity index (χ4n) is 3.88. The second kappa shape index (κ2) is 4.84. The van der Waals surface area contributed by atoms with Gasteiger partial charge in [-0.3, -0.25) is 0 Å². The minimum absolute atomic E-state index is 0.0665. The fraction of sp³-hybridized carbons (Fsp3) is 0.556. The molecule has 4 aliphatic rings. The van der Waals surface area contributed by atoms with Crippen LogP contribution in [0.25, 0.3) is 0 Å². The summed E-state index contributed by atoms with van der Waals surface area (Å²) < 4.78 is 18.1. The first-order chi connectivity index (χ1) is 10.3. The number of rotatable bonds is 2.